The number of benzene rings is 2. The van der Waals surface area contributed by atoms with Gasteiger partial charge in [0, 0.05) is 5.69 Å². The van der Waals surface area contributed by atoms with Crippen LogP contribution in [0.5, 0.6) is 0 Å². The third-order valence-electron chi connectivity index (χ3n) is 4.28. The number of hydrogen-bond donors (Lipinski definition) is 1. The van der Waals surface area contributed by atoms with Crippen molar-refractivity contribution >= 4 is 27.3 Å². The number of amides is 1. The number of rotatable bonds is 5. The fourth-order valence-corrected chi connectivity index (χ4v) is 4.28. The second kappa shape index (κ2) is 7.50. The zero-order valence-electron chi connectivity index (χ0n) is 16.1. The Morgan fingerprint density at radius 1 is 1.00 bits per heavy atom. The van der Waals surface area contributed by atoms with E-state index in [1.165, 1.54) is 4.31 Å². The van der Waals surface area contributed by atoms with E-state index in [0.29, 0.717) is 5.69 Å². The van der Waals surface area contributed by atoms with Crippen LogP contribution in [0, 0.1) is 27.7 Å². The maximum Gasteiger partial charge on any atom is 0.248 e. The number of carbonyl (C=O) groups excluding carboxylic acids is 1. The van der Waals surface area contributed by atoms with E-state index in [1.54, 1.807) is 19.1 Å². The van der Waals surface area contributed by atoms with E-state index in [1.807, 2.05) is 52.0 Å². The van der Waals surface area contributed by atoms with Crippen LogP contribution >= 0.6 is 0 Å². The first-order chi connectivity index (χ1) is 12.0. The van der Waals surface area contributed by atoms with E-state index >= 15 is 0 Å². The van der Waals surface area contributed by atoms with E-state index < -0.39 is 16.1 Å². The minimum atomic E-state index is -3.64. The van der Waals surface area contributed by atoms with Gasteiger partial charge in [-0.25, -0.2) is 8.42 Å². The molecule has 0 unspecified atom stereocenters. The summed E-state index contributed by atoms with van der Waals surface area (Å²) in [5, 5.41) is 2.88. The van der Waals surface area contributed by atoms with Gasteiger partial charge in [0.15, 0.2) is 0 Å². The molecule has 0 spiro atoms. The average molecular weight is 375 g/mol. The van der Waals surface area contributed by atoms with Gasteiger partial charge in [-0.05, 0) is 69.0 Å². The first-order valence-corrected chi connectivity index (χ1v) is 10.3. The van der Waals surface area contributed by atoms with Crippen molar-refractivity contribution in [2.24, 2.45) is 0 Å². The predicted molar refractivity (Wildman–Crippen MR) is 107 cm³/mol. The molecule has 0 bridgehead atoms. The Bertz CT molecular complexity index is 896. The van der Waals surface area contributed by atoms with Crippen molar-refractivity contribution < 1.29 is 13.2 Å². The first kappa shape index (κ1) is 20.0. The molecular formula is C20H26N2O3S. The van der Waals surface area contributed by atoms with Gasteiger partial charge in [0.2, 0.25) is 15.9 Å². The Balaban J connectivity index is 2.41. The van der Waals surface area contributed by atoms with Crippen LogP contribution in [0.1, 0.15) is 29.2 Å². The number of nitrogens with zero attached hydrogens (tertiary/aromatic N) is 1. The maximum absolute atomic E-state index is 12.8. The molecule has 1 amide bonds. The first-order valence-electron chi connectivity index (χ1n) is 8.45. The van der Waals surface area contributed by atoms with Gasteiger partial charge in [-0.15, -0.1) is 0 Å². The fraction of sp³-hybridized carbons (Fsp3) is 0.350. The molecule has 26 heavy (non-hydrogen) atoms. The predicted octanol–water partition coefficient (Wildman–Crippen LogP) is 3.71. The van der Waals surface area contributed by atoms with Crippen LogP contribution in [0.2, 0.25) is 0 Å². The summed E-state index contributed by atoms with van der Waals surface area (Å²) in [5.74, 6) is -0.369. The fourth-order valence-electron chi connectivity index (χ4n) is 3.13. The van der Waals surface area contributed by atoms with Crippen LogP contribution in [0.3, 0.4) is 0 Å². The van der Waals surface area contributed by atoms with Crippen molar-refractivity contribution in [3.8, 4) is 0 Å². The minimum absolute atomic E-state index is 0.369. The highest BCUT2D eigenvalue weighted by atomic mass is 32.2. The topological polar surface area (TPSA) is 66.5 Å². The number of hydrogen-bond acceptors (Lipinski definition) is 3. The smallest absolute Gasteiger partial charge is 0.248 e. The SMILES string of the molecule is Cc1cc(C)cc(N([C@H](C)C(=O)Nc2c(C)cccc2C)S(C)(=O)=O)c1. The number of nitrogens with one attached hydrogen (secondary N) is 1. The van der Waals surface area contributed by atoms with Crippen LogP contribution in [0.4, 0.5) is 11.4 Å². The van der Waals surface area contributed by atoms with Crippen molar-refractivity contribution in [1.82, 2.24) is 0 Å². The number of para-hydroxylation sites is 1. The summed E-state index contributed by atoms with van der Waals surface area (Å²) in [5.41, 5.74) is 4.96. The van der Waals surface area contributed by atoms with E-state index in [2.05, 4.69) is 5.32 Å². The number of sulfonamides is 1. The van der Waals surface area contributed by atoms with Gasteiger partial charge in [-0.2, -0.15) is 0 Å². The van der Waals surface area contributed by atoms with Crippen LogP contribution in [0.15, 0.2) is 36.4 Å². The lowest BCUT2D eigenvalue weighted by molar-refractivity contribution is -0.116. The van der Waals surface area contributed by atoms with Crippen molar-refractivity contribution in [3.05, 3.63) is 58.7 Å². The standard InChI is InChI=1S/C20H26N2O3S/c1-13-10-14(2)12-18(11-13)22(26(6,24)25)17(5)20(23)21-19-15(3)8-7-9-16(19)4/h7-12,17H,1-6H3,(H,21,23)/t17-/m1/s1. The molecular weight excluding hydrogens is 348 g/mol. The van der Waals surface area contributed by atoms with Crippen LogP contribution in [-0.4, -0.2) is 26.6 Å². The molecule has 0 saturated carbocycles. The highest BCUT2D eigenvalue weighted by Crippen LogP contribution is 2.25. The van der Waals surface area contributed by atoms with Crippen molar-refractivity contribution in [3.63, 3.8) is 0 Å². The Morgan fingerprint density at radius 3 is 1.96 bits per heavy atom. The van der Waals surface area contributed by atoms with Crippen molar-refractivity contribution in [1.29, 1.82) is 0 Å². The summed E-state index contributed by atoms with van der Waals surface area (Å²) in [4.78, 5) is 12.8. The summed E-state index contributed by atoms with van der Waals surface area (Å²) >= 11 is 0. The van der Waals surface area contributed by atoms with E-state index in [0.717, 1.165) is 34.2 Å². The third-order valence-corrected chi connectivity index (χ3v) is 5.52. The highest BCUT2D eigenvalue weighted by molar-refractivity contribution is 7.92. The zero-order valence-corrected chi connectivity index (χ0v) is 16.9. The molecule has 0 aliphatic rings. The molecule has 2 rings (SSSR count). The van der Waals surface area contributed by atoms with Gasteiger partial charge in [0.25, 0.3) is 0 Å². The van der Waals surface area contributed by atoms with Gasteiger partial charge in [0.1, 0.15) is 6.04 Å². The van der Waals surface area contributed by atoms with Gasteiger partial charge >= 0.3 is 0 Å². The Kier molecular flexibility index (Phi) is 5.76. The molecule has 0 aliphatic carbocycles. The molecule has 0 radical (unpaired) electrons. The van der Waals surface area contributed by atoms with Crippen LogP contribution < -0.4 is 9.62 Å². The van der Waals surface area contributed by atoms with E-state index in [4.69, 9.17) is 0 Å². The molecule has 5 nitrogen and oxygen atoms in total. The van der Waals surface area contributed by atoms with Crippen LogP contribution in [-0.2, 0) is 14.8 Å². The average Bonchev–Trinajstić information content (AvgIpc) is 2.48. The van der Waals surface area contributed by atoms with Gasteiger partial charge in [-0.1, -0.05) is 24.3 Å². The second-order valence-corrected chi connectivity index (χ2v) is 8.70. The largest absolute Gasteiger partial charge is 0.324 e. The van der Waals surface area contributed by atoms with Crippen molar-refractivity contribution in [2.75, 3.05) is 15.9 Å². The number of anilines is 2. The van der Waals surface area contributed by atoms with E-state index in [9.17, 15) is 13.2 Å². The minimum Gasteiger partial charge on any atom is -0.324 e. The van der Waals surface area contributed by atoms with Crippen molar-refractivity contribution in [2.45, 2.75) is 40.7 Å². The number of carbonyl (C=O) groups is 1. The summed E-state index contributed by atoms with van der Waals surface area (Å²) < 4.78 is 26.0. The van der Waals surface area contributed by atoms with E-state index in [-0.39, 0.29) is 5.91 Å². The lowest BCUT2D eigenvalue weighted by atomic mass is 10.1. The molecule has 0 aromatic heterocycles. The monoisotopic (exact) mass is 374 g/mol. The number of aryl methyl sites for hydroxylation is 4. The lowest BCUT2D eigenvalue weighted by Gasteiger charge is -2.29. The molecule has 0 aliphatic heterocycles. The van der Waals surface area contributed by atoms with Gasteiger partial charge in [0.05, 0.1) is 11.9 Å². The Hall–Kier alpha value is -2.34. The summed E-state index contributed by atoms with van der Waals surface area (Å²) in [6.45, 7) is 9.22. The third kappa shape index (κ3) is 4.43. The molecule has 0 saturated heterocycles. The quantitative estimate of drug-likeness (QED) is 0.867. The van der Waals surface area contributed by atoms with Gasteiger partial charge < -0.3 is 5.32 Å². The molecule has 6 heteroatoms. The molecule has 140 valence electrons. The highest BCUT2D eigenvalue weighted by Gasteiger charge is 2.29. The Labute approximate surface area is 156 Å². The van der Waals surface area contributed by atoms with Crippen LogP contribution in [0.25, 0.3) is 0 Å². The molecule has 2 aromatic rings. The van der Waals surface area contributed by atoms with Gasteiger partial charge in [-0.3, -0.25) is 9.10 Å². The summed E-state index contributed by atoms with van der Waals surface area (Å²) in [7, 11) is -3.64. The maximum atomic E-state index is 12.8. The molecule has 2 aromatic carbocycles. The molecule has 0 heterocycles. The molecule has 0 fully saturated rings. The summed E-state index contributed by atoms with van der Waals surface area (Å²) in [6.07, 6.45) is 1.12. The summed E-state index contributed by atoms with van der Waals surface area (Å²) in [6, 6.07) is 10.4. The molecule has 1 N–H and O–H groups in total. The lowest BCUT2D eigenvalue weighted by Crippen LogP contribution is -2.45. The second-order valence-electron chi connectivity index (χ2n) is 6.84. The zero-order chi connectivity index (χ0) is 19.6. The Morgan fingerprint density at radius 2 is 1.50 bits per heavy atom. The molecule has 1 atom stereocenters. The normalized spacial score (nSPS) is 12.5.